The molecule has 0 spiro atoms. The Morgan fingerprint density at radius 2 is 1.82 bits per heavy atom. The van der Waals surface area contributed by atoms with Gasteiger partial charge in [-0.25, -0.2) is 4.98 Å². The van der Waals surface area contributed by atoms with Gasteiger partial charge >= 0.3 is 0 Å². The number of nitrogens with zero attached hydrogens (tertiary/aromatic N) is 6. The van der Waals surface area contributed by atoms with Crippen LogP contribution in [0.3, 0.4) is 0 Å². The fraction of sp³-hybridized carbons (Fsp3) is 0.240. The molecule has 4 heterocycles. The van der Waals surface area contributed by atoms with Crippen molar-refractivity contribution in [1.29, 1.82) is 0 Å². The van der Waals surface area contributed by atoms with Crippen LogP contribution in [-0.2, 0) is 0 Å². The molecule has 1 N–H and O–H groups in total. The average Bonchev–Trinajstić information content (AvgIpc) is 2.89. The first-order valence-corrected chi connectivity index (χ1v) is 11.1. The lowest BCUT2D eigenvalue weighted by Gasteiger charge is -2.33. The van der Waals surface area contributed by atoms with Crippen molar-refractivity contribution in [3.63, 3.8) is 0 Å². The molecular formula is C25H25N7O2. The zero-order chi connectivity index (χ0) is 23.5. The molecular weight excluding hydrogens is 430 g/mol. The largest absolute Gasteiger partial charge is 0.495 e. The monoisotopic (exact) mass is 455 g/mol. The Morgan fingerprint density at radius 1 is 0.971 bits per heavy atom. The van der Waals surface area contributed by atoms with Gasteiger partial charge in [0.25, 0.3) is 5.91 Å². The van der Waals surface area contributed by atoms with E-state index in [9.17, 15) is 4.79 Å². The van der Waals surface area contributed by atoms with Crippen molar-refractivity contribution in [3.8, 4) is 16.9 Å². The molecule has 0 aliphatic carbocycles. The predicted molar refractivity (Wildman–Crippen MR) is 131 cm³/mol. The van der Waals surface area contributed by atoms with Gasteiger partial charge in [0.15, 0.2) is 5.82 Å². The Hall–Kier alpha value is -4.11. The molecule has 4 aromatic rings. The second-order valence-electron chi connectivity index (χ2n) is 8.26. The molecule has 9 heteroatoms. The summed E-state index contributed by atoms with van der Waals surface area (Å²) in [6.07, 6.45) is 5.11. The Morgan fingerprint density at radius 3 is 2.65 bits per heavy atom. The van der Waals surface area contributed by atoms with E-state index in [4.69, 9.17) is 4.74 Å². The zero-order valence-electron chi connectivity index (χ0n) is 19.1. The first kappa shape index (κ1) is 21.7. The second kappa shape index (κ2) is 9.40. The average molecular weight is 456 g/mol. The van der Waals surface area contributed by atoms with Gasteiger partial charge in [0.1, 0.15) is 11.6 Å². The Kier molecular flexibility index (Phi) is 6.01. The van der Waals surface area contributed by atoms with E-state index in [2.05, 4.69) is 42.3 Å². The van der Waals surface area contributed by atoms with E-state index in [1.807, 2.05) is 36.4 Å². The Labute approximate surface area is 197 Å². The highest BCUT2D eigenvalue weighted by atomic mass is 16.5. The number of ether oxygens (including phenoxy) is 1. The number of nitrogens with one attached hydrogen (secondary N) is 1. The van der Waals surface area contributed by atoms with Crippen molar-refractivity contribution in [2.75, 3.05) is 50.6 Å². The highest BCUT2D eigenvalue weighted by Crippen LogP contribution is 2.26. The van der Waals surface area contributed by atoms with Gasteiger partial charge in [0, 0.05) is 55.1 Å². The van der Waals surface area contributed by atoms with Crippen LogP contribution in [0.1, 0.15) is 10.4 Å². The van der Waals surface area contributed by atoms with E-state index in [0.29, 0.717) is 17.1 Å². The minimum atomic E-state index is -0.250. The van der Waals surface area contributed by atoms with Crippen LogP contribution in [0.25, 0.3) is 22.0 Å². The molecule has 0 atom stereocenters. The van der Waals surface area contributed by atoms with Crippen LogP contribution in [0.15, 0.2) is 61.1 Å². The van der Waals surface area contributed by atoms with Crippen molar-refractivity contribution < 1.29 is 9.53 Å². The lowest BCUT2D eigenvalue weighted by molar-refractivity contribution is 0.102. The number of carbonyl (C=O) groups is 1. The van der Waals surface area contributed by atoms with Crippen LogP contribution in [0.4, 0.5) is 11.6 Å². The van der Waals surface area contributed by atoms with E-state index in [1.54, 1.807) is 31.8 Å². The first-order chi connectivity index (χ1) is 16.6. The van der Waals surface area contributed by atoms with E-state index < -0.39 is 0 Å². The van der Waals surface area contributed by atoms with E-state index in [0.717, 1.165) is 54.0 Å². The molecule has 0 radical (unpaired) electrons. The number of likely N-dealkylation sites (N-methyl/N-ethyl adjacent to an activating group) is 1. The van der Waals surface area contributed by atoms with Gasteiger partial charge in [-0.05, 0) is 49.0 Å². The van der Waals surface area contributed by atoms with E-state index in [-0.39, 0.29) is 5.91 Å². The summed E-state index contributed by atoms with van der Waals surface area (Å²) in [4.78, 5) is 26.1. The normalized spacial score (nSPS) is 14.2. The number of amides is 1. The molecule has 34 heavy (non-hydrogen) atoms. The molecule has 3 aromatic heterocycles. The Balaban J connectivity index is 1.36. The van der Waals surface area contributed by atoms with Crippen molar-refractivity contribution in [2.24, 2.45) is 0 Å². The third-order valence-corrected chi connectivity index (χ3v) is 5.94. The topological polar surface area (TPSA) is 96.4 Å². The van der Waals surface area contributed by atoms with Crippen molar-refractivity contribution in [3.05, 3.63) is 66.6 Å². The van der Waals surface area contributed by atoms with Gasteiger partial charge in [-0.1, -0.05) is 6.07 Å². The Bertz CT molecular complexity index is 1340. The fourth-order valence-electron chi connectivity index (χ4n) is 3.93. The van der Waals surface area contributed by atoms with Crippen LogP contribution in [0.5, 0.6) is 5.75 Å². The highest BCUT2D eigenvalue weighted by Gasteiger charge is 2.17. The molecule has 1 aliphatic heterocycles. The molecule has 172 valence electrons. The number of hydrogen-bond acceptors (Lipinski definition) is 8. The van der Waals surface area contributed by atoms with Gasteiger partial charge in [0.05, 0.1) is 18.8 Å². The van der Waals surface area contributed by atoms with Crippen LogP contribution in [0, 0.1) is 0 Å². The summed E-state index contributed by atoms with van der Waals surface area (Å²) >= 11 is 0. The molecule has 0 bridgehead atoms. The maximum atomic E-state index is 12.9. The number of anilines is 2. The molecule has 5 rings (SSSR count). The van der Waals surface area contributed by atoms with Gasteiger partial charge in [-0.3, -0.25) is 9.78 Å². The van der Waals surface area contributed by atoms with Crippen LogP contribution in [0.2, 0.25) is 0 Å². The molecule has 1 aliphatic rings. The summed E-state index contributed by atoms with van der Waals surface area (Å²) in [7, 11) is 3.72. The van der Waals surface area contributed by atoms with Gasteiger partial charge < -0.3 is 19.9 Å². The maximum Gasteiger partial charge on any atom is 0.257 e. The number of methoxy groups -OCH3 is 1. The first-order valence-electron chi connectivity index (χ1n) is 11.1. The van der Waals surface area contributed by atoms with Gasteiger partial charge in [0.2, 0.25) is 0 Å². The summed E-state index contributed by atoms with van der Waals surface area (Å²) in [5.41, 5.74) is 3.16. The fourth-order valence-corrected chi connectivity index (χ4v) is 3.93. The van der Waals surface area contributed by atoms with Gasteiger partial charge in [-0.2, -0.15) is 0 Å². The minimum absolute atomic E-state index is 0.250. The molecule has 0 saturated carbocycles. The summed E-state index contributed by atoms with van der Waals surface area (Å²) in [6, 6.07) is 13.1. The second-order valence-corrected chi connectivity index (χ2v) is 8.26. The molecule has 1 amide bonds. The zero-order valence-corrected chi connectivity index (χ0v) is 19.1. The predicted octanol–water partition coefficient (Wildman–Crippen LogP) is 3.10. The maximum absolute atomic E-state index is 12.9. The molecule has 9 nitrogen and oxygen atoms in total. The number of hydrogen-bond donors (Lipinski definition) is 1. The molecule has 1 fully saturated rings. The summed E-state index contributed by atoms with van der Waals surface area (Å²) < 4.78 is 5.28. The number of pyridine rings is 2. The number of aromatic nitrogens is 4. The highest BCUT2D eigenvalue weighted by molar-refractivity contribution is 6.04. The van der Waals surface area contributed by atoms with Crippen molar-refractivity contribution in [2.45, 2.75) is 0 Å². The molecule has 1 aromatic carbocycles. The van der Waals surface area contributed by atoms with E-state index in [1.165, 1.54) is 0 Å². The molecule has 1 saturated heterocycles. The van der Waals surface area contributed by atoms with Crippen LogP contribution >= 0.6 is 0 Å². The number of rotatable bonds is 5. The van der Waals surface area contributed by atoms with E-state index >= 15 is 0 Å². The van der Waals surface area contributed by atoms with Crippen LogP contribution < -0.4 is 15.0 Å². The lowest BCUT2D eigenvalue weighted by Crippen LogP contribution is -2.44. The number of fused-ring (bicyclic) bond motifs is 1. The number of carbonyl (C=O) groups excluding carboxylic acids is 1. The third kappa shape index (κ3) is 4.65. The van der Waals surface area contributed by atoms with Gasteiger partial charge in [-0.15, -0.1) is 10.2 Å². The third-order valence-electron chi connectivity index (χ3n) is 5.94. The van der Waals surface area contributed by atoms with Crippen LogP contribution in [-0.4, -0.2) is 71.3 Å². The smallest absolute Gasteiger partial charge is 0.257 e. The summed E-state index contributed by atoms with van der Waals surface area (Å²) in [5.74, 6) is 1.63. The SMILES string of the molecule is COc1cncc(-c2ccc3nnc(NC(=O)c4ccnc(N5CCN(C)CC5)c4)cc3c2)c1. The molecule has 0 unspecified atom stereocenters. The lowest BCUT2D eigenvalue weighted by atomic mass is 10.1. The number of piperazine rings is 1. The van der Waals surface area contributed by atoms with Crippen molar-refractivity contribution >= 4 is 28.4 Å². The minimum Gasteiger partial charge on any atom is -0.495 e. The quantitative estimate of drug-likeness (QED) is 0.490. The number of benzene rings is 1. The van der Waals surface area contributed by atoms with Crippen molar-refractivity contribution in [1.82, 2.24) is 25.1 Å². The summed E-state index contributed by atoms with van der Waals surface area (Å²) in [6.45, 7) is 3.71. The standard InChI is InChI=1S/C25H25N7O2/c1-31-7-9-32(10-8-31)24-14-18(5-6-27-24)25(33)28-23-13-19-11-17(3-4-22(19)29-30-23)20-12-21(34-2)16-26-15-20/h3-6,11-16H,7-10H2,1-2H3,(H,28,30,33). The summed E-state index contributed by atoms with van der Waals surface area (Å²) in [5, 5.41) is 12.2.